The number of halogens is 1. The van der Waals surface area contributed by atoms with Crippen LogP contribution in [0.1, 0.15) is 48.1 Å². The van der Waals surface area contributed by atoms with Gasteiger partial charge in [-0.3, -0.25) is 28.1 Å². The highest BCUT2D eigenvalue weighted by atomic mass is 19.1. The van der Waals surface area contributed by atoms with E-state index in [1.165, 1.54) is 104 Å². The van der Waals surface area contributed by atoms with Gasteiger partial charge in [0, 0.05) is 100 Å². The maximum absolute atomic E-state index is 14.0. The lowest BCUT2D eigenvalue weighted by molar-refractivity contribution is -0.865. The van der Waals surface area contributed by atoms with Crippen molar-refractivity contribution in [2.45, 2.75) is 57.9 Å². The number of nitrogen functional groups attached to an aromatic ring is 3. The largest absolute Gasteiger partial charge is 0.633 e. The number of likely N-dealkylation sites (N-methyl/N-ethyl adjacent to an activating group) is 5. The minimum Gasteiger partial charge on any atom is -0.633 e. The zero-order valence-corrected chi connectivity index (χ0v) is 73.2. The topological polar surface area (TPSA) is 398 Å². The Hall–Kier alpha value is -16.8. The molecule has 0 saturated heterocycles. The van der Waals surface area contributed by atoms with Crippen LogP contribution in [-0.2, 0) is 27.6 Å². The number of carbonyl (C=O) groups excluding carboxylic acids is 3. The first kappa shape index (κ1) is 89.6. The minimum atomic E-state index is -0.441. The molecule has 0 spiro atoms. The summed E-state index contributed by atoms with van der Waals surface area (Å²) in [6.07, 6.45) is 17.8. The Morgan fingerprint density at radius 3 is 1.20 bits per heavy atom. The molecule has 2 aliphatic rings. The van der Waals surface area contributed by atoms with Crippen LogP contribution in [0.4, 0.5) is 38.9 Å². The van der Waals surface area contributed by atoms with Crippen molar-refractivity contribution in [3.63, 3.8) is 0 Å². The van der Waals surface area contributed by atoms with Crippen molar-refractivity contribution in [1.29, 1.82) is 0 Å². The van der Waals surface area contributed by atoms with E-state index >= 15 is 0 Å². The molecule has 9 aromatic carbocycles. The van der Waals surface area contributed by atoms with E-state index in [9.17, 15) is 48.8 Å². The highest BCUT2D eigenvalue weighted by molar-refractivity contribution is 6.04. The molecule has 2 saturated carbocycles. The SMILES string of the molecule is CN(C(=O)/C=C/C[N+](C)([O-])C1CC1)c1cccc(-n2c(=O)n(-c3ccc(OCc4cccc(F)c4)cc3)c3c(N)ncnc32)c1.CN(C(=O)/C=C/c1cccc[n+]1[O-])c1cccc(-n2c(=O)n(-c3ccc(Oc4ccccc4)cc3)c3c(N)ncnc32)c1.Cc1cccc(COc2ccc(-n3c(=O)n(-c4cccc(N(C)C(=O)/C=C/C[N+](C)([O-])C5CC5)c4)c4ncnc(N)c43)cc2)c1. The van der Waals surface area contributed by atoms with Gasteiger partial charge >= 0.3 is 17.1 Å². The molecule has 2 unspecified atom stereocenters. The molecule has 7 heterocycles. The van der Waals surface area contributed by atoms with Crippen LogP contribution in [0.5, 0.6) is 23.0 Å². The molecule has 2 aliphatic carbocycles. The Labute approximate surface area is 760 Å². The van der Waals surface area contributed by atoms with Crippen molar-refractivity contribution < 1.29 is 47.0 Å². The van der Waals surface area contributed by atoms with Crippen molar-refractivity contribution in [1.82, 2.24) is 57.3 Å². The third-order valence-electron chi connectivity index (χ3n) is 22.8. The number of nitrogens with zero attached hydrogens (tertiary/aromatic N) is 18. The predicted molar refractivity (Wildman–Crippen MR) is 507 cm³/mol. The summed E-state index contributed by atoms with van der Waals surface area (Å²) in [5, 5.41) is 37.0. The first-order valence-corrected chi connectivity index (χ1v) is 42.4. The highest BCUT2D eigenvalue weighted by Gasteiger charge is 2.36. The third-order valence-corrected chi connectivity index (χ3v) is 22.8. The van der Waals surface area contributed by atoms with Crippen molar-refractivity contribution >= 4 is 91.8 Å². The number of ether oxygens (including phenoxy) is 3. The summed E-state index contributed by atoms with van der Waals surface area (Å²) in [5.41, 5.74) is 27.4. The van der Waals surface area contributed by atoms with E-state index in [-0.39, 0.29) is 87.7 Å². The molecule has 0 radical (unpaired) electrons. The summed E-state index contributed by atoms with van der Waals surface area (Å²) in [6.45, 7) is 3.09. The van der Waals surface area contributed by atoms with Gasteiger partial charge < -0.3 is 71.0 Å². The van der Waals surface area contributed by atoms with Crippen LogP contribution in [0.3, 0.4) is 0 Å². The van der Waals surface area contributed by atoms with Gasteiger partial charge in [0.05, 0.1) is 73.4 Å². The van der Waals surface area contributed by atoms with Gasteiger partial charge in [-0.15, -0.1) is 0 Å². The van der Waals surface area contributed by atoms with Gasteiger partial charge in [0.2, 0.25) is 5.69 Å². The summed E-state index contributed by atoms with van der Waals surface area (Å²) in [4.78, 5) is 111. The number of aryl methyl sites for hydroxylation is 1. The number of hydrogen-bond donors (Lipinski definition) is 3. The number of quaternary nitrogens is 2. The van der Waals surface area contributed by atoms with Gasteiger partial charge in [-0.25, -0.2) is 62.4 Å². The number of benzene rings is 9. The van der Waals surface area contributed by atoms with Crippen molar-refractivity contribution in [2.24, 2.45) is 0 Å². The Bertz CT molecular complexity index is 7040. The second kappa shape index (κ2) is 38.6. The number of amides is 3. The Morgan fingerprint density at radius 1 is 0.436 bits per heavy atom. The predicted octanol–water partition coefficient (Wildman–Crippen LogP) is 13.4. The number of nitrogens with two attached hydrogens (primary N) is 3. The quantitative estimate of drug-likeness (QED) is 0.0141. The fraction of sp³-hybridized carbons (Fsp3) is 0.162. The van der Waals surface area contributed by atoms with E-state index in [4.69, 9.17) is 31.4 Å². The molecule has 7 aromatic heterocycles. The van der Waals surface area contributed by atoms with Gasteiger partial charge in [0.15, 0.2) is 40.6 Å². The van der Waals surface area contributed by atoms with Crippen molar-refractivity contribution in [2.75, 3.05) is 80.2 Å². The number of imidazole rings is 3. The van der Waals surface area contributed by atoms with E-state index < -0.39 is 17.1 Å². The summed E-state index contributed by atoms with van der Waals surface area (Å²) in [6, 6.07) is 70.7. The molecular formula is C99H92FN21O12. The summed E-state index contributed by atoms with van der Waals surface area (Å²) in [7, 11) is 8.14. The number of hydroxylamine groups is 6. The standard InChI is InChI=1S/C34H35N7O4.C33H32FN7O4.C32H25N7O4/c1-23-7-4-8-24(19-23)21-45-29-16-12-25(13-17-29)39-31-32(35)36-22-37-33(31)40(34(39)43)27-10-5-9-26(20-27)38(2)30(42)11-6-18-41(3,44)28-14-15-28;1-38(29(42)10-5-17-41(2,44)27-13-14-27)25-8-4-9-26(19-25)40-32-30(31(35)36-21-37-32)39(33(40)43)24-11-15-28(16-12-24)45-20-22-6-3-7-23(34)18-22;1-36(28(40)18-15-22-8-5-6-19-37(22)42)24-9-7-10-25(20-24)39-31-29(30(33)34-21-35-31)38(32(39)41)23-13-16-27(17-14-23)43-26-11-3-2-4-12-26/h4-13,16-17,19-20,22,28H,14-15,18,21H2,1-3H3,(H2,35,36,37);3-12,15-16,18-19,21,27H,13-14,17,20H2,1-2H3,(H2,35,36,37);2-21H,1H3,(H2,33,34,35)/b11-6+;10-5+;18-15+. The summed E-state index contributed by atoms with van der Waals surface area (Å²) < 4.78 is 39.7. The normalized spacial score (nSPS) is 13.4. The van der Waals surface area contributed by atoms with Crippen molar-refractivity contribution in [3.8, 4) is 57.1 Å². The lowest BCUT2D eigenvalue weighted by Crippen LogP contribution is -2.40. The molecule has 672 valence electrons. The van der Waals surface area contributed by atoms with Gasteiger partial charge in [0.25, 0.3) is 17.7 Å². The van der Waals surface area contributed by atoms with Crippen molar-refractivity contribution in [3.05, 3.63) is 373 Å². The minimum absolute atomic E-state index is 0.107. The smallest absolute Gasteiger partial charge is 0.339 e. The van der Waals surface area contributed by atoms with Crippen LogP contribution in [0.15, 0.2) is 313 Å². The molecule has 0 bridgehead atoms. The number of carbonyl (C=O) groups is 3. The maximum atomic E-state index is 14.0. The Kier molecular flexibility index (Phi) is 26.0. The highest BCUT2D eigenvalue weighted by Crippen LogP contribution is 2.35. The zero-order chi connectivity index (χ0) is 93.4. The fourth-order valence-electron chi connectivity index (χ4n) is 15.2. The fourth-order valence-corrected chi connectivity index (χ4v) is 15.2. The molecule has 6 N–H and O–H groups in total. The second-order valence-corrected chi connectivity index (χ2v) is 32.3. The van der Waals surface area contributed by atoms with E-state index in [0.29, 0.717) is 125 Å². The second-order valence-electron chi connectivity index (χ2n) is 32.3. The van der Waals surface area contributed by atoms with E-state index in [2.05, 4.69) is 36.0 Å². The lowest BCUT2D eigenvalue weighted by atomic mass is 10.1. The number of pyridine rings is 1. The van der Waals surface area contributed by atoms with Crippen LogP contribution in [0.25, 0.3) is 73.7 Å². The molecule has 33 nitrogen and oxygen atoms in total. The zero-order valence-electron chi connectivity index (χ0n) is 73.2. The molecule has 133 heavy (non-hydrogen) atoms. The van der Waals surface area contributed by atoms with Crippen LogP contribution >= 0.6 is 0 Å². The van der Waals surface area contributed by atoms with Crippen LogP contribution < -0.4 is 67.9 Å². The van der Waals surface area contributed by atoms with Crippen LogP contribution in [-0.4, -0.2) is 145 Å². The van der Waals surface area contributed by atoms with E-state index in [1.807, 2.05) is 55.5 Å². The van der Waals surface area contributed by atoms with E-state index in [1.54, 1.807) is 223 Å². The Morgan fingerprint density at radius 2 is 0.805 bits per heavy atom. The number of aromatic nitrogens is 13. The first-order chi connectivity index (χ1) is 64.1. The van der Waals surface area contributed by atoms with Crippen LogP contribution in [0.2, 0.25) is 0 Å². The molecule has 16 aromatic rings. The molecule has 2 atom stereocenters. The van der Waals surface area contributed by atoms with Gasteiger partial charge in [-0.1, -0.05) is 78.4 Å². The number of para-hydroxylation sites is 1. The first-order valence-electron chi connectivity index (χ1n) is 42.4. The Balaban J connectivity index is 0.000000145. The molecular weight excluding hydrogens is 1690 g/mol. The van der Waals surface area contributed by atoms with Gasteiger partial charge in [-0.2, -0.15) is 4.73 Å². The van der Waals surface area contributed by atoms with Gasteiger partial charge in [0.1, 0.15) is 77.6 Å². The lowest BCUT2D eigenvalue weighted by Gasteiger charge is -2.38. The molecule has 0 aliphatic heterocycles. The van der Waals surface area contributed by atoms with E-state index in [0.717, 1.165) is 36.8 Å². The number of fused-ring (bicyclic) bond motifs is 3. The summed E-state index contributed by atoms with van der Waals surface area (Å²) in [5.74, 6) is 1.59. The molecule has 34 heteroatoms. The number of anilines is 6. The molecule has 3 amide bonds. The summed E-state index contributed by atoms with van der Waals surface area (Å²) >= 11 is 0. The monoisotopic (exact) mass is 1790 g/mol. The average Bonchev–Trinajstić information content (AvgIpc) is 1.60. The third kappa shape index (κ3) is 20.1. The maximum Gasteiger partial charge on any atom is 0.339 e. The number of hydrogen-bond acceptors (Lipinski definition) is 21. The molecule has 18 rings (SSSR count). The average molecular weight is 1790 g/mol. The molecule has 2 fully saturated rings. The number of rotatable bonds is 27. The van der Waals surface area contributed by atoms with Crippen LogP contribution in [0, 0.1) is 28.4 Å². The van der Waals surface area contributed by atoms with Gasteiger partial charge in [-0.05, 0) is 188 Å².